The van der Waals surface area contributed by atoms with Gasteiger partial charge in [0.1, 0.15) is 11.6 Å². The highest BCUT2D eigenvalue weighted by Gasteiger charge is 2.34. The number of rotatable bonds is 29. The van der Waals surface area contributed by atoms with Gasteiger partial charge in [-0.3, -0.25) is 14.2 Å². The zero-order valence-electron chi connectivity index (χ0n) is 38.1. The lowest BCUT2D eigenvalue weighted by Crippen LogP contribution is -2.36. The van der Waals surface area contributed by atoms with Crippen LogP contribution in [0.15, 0.2) is 65.7 Å². The van der Waals surface area contributed by atoms with E-state index in [0.29, 0.717) is 59.5 Å². The molecule has 0 aliphatic heterocycles. The Labute approximate surface area is 377 Å². The minimum Gasteiger partial charge on any atom is -0.491 e. The first-order chi connectivity index (χ1) is 30.7. The van der Waals surface area contributed by atoms with Gasteiger partial charge in [0, 0.05) is 42.9 Å². The monoisotopic (exact) mass is 885 g/mol. The van der Waals surface area contributed by atoms with Gasteiger partial charge in [-0.15, -0.1) is 5.10 Å². The normalized spacial score (nSPS) is 12.4. The maximum absolute atomic E-state index is 15.0. The van der Waals surface area contributed by atoms with Crippen molar-refractivity contribution in [3.8, 4) is 11.4 Å². The number of ether oxygens (including phenoxy) is 3. The highest BCUT2D eigenvalue weighted by Crippen LogP contribution is 2.31. The molecule has 14 heteroatoms. The van der Waals surface area contributed by atoms with Gasteiger partial charge in [-0.25, -0.2) is 14.5 Å². The minimum absolute atomic E-state index is 0.0509. The van der Waals surface area contributed by atoms with Crippen LogP contribution in [-0.4, -0.2) is 67.4 Å². The van der Waals surface area contributed by atoms with Crippen molar-refractivity contribution >= 4 is 40.1 Å². The summed E-state index contributed by atoms with van der Waals surface area (Å²) in [7, 11) is 0. The number of para-hydroxylation sites is 1. The molecular weight excluding hydrogens is 818 g/mol. The van der Waals surface area contributed by atoms with Crippen LogP contribution in [0.25, 0.3) is 16.6 Å². The molecule has 0 saturated carbocycles. The van der Waals surface area contributed by atoms with Crippen molar-refractivity contribution in [1.82, 2.24) is 29.1 Å². The van der Waals surface area contributed by atoms with Crippen molar-refractivity contribution in [3.63, 3.8) is 0 Å². The van der Waals surface area contributed by atoms with Crippen LogP contribution in [0.2, 0.25) is 5.02 Å². The van der Waals surface area contributed by atoms with Crippen LogP contribution in [0, 0.1) is 12.8 Å². The summed E-state index contributed by atoms with van der Waals surface area (Å²) < 4.78 is 22.4. The average Bonchev–Trinajstić information content (AvgIpc) is 3.89. The van der Waals surface area contributed by atoms with E-state index in [-0.39, 0.29) is 35.9 Å². The number of anilines is 1. The number of aromatic nitrogens is 6. The van der Waals surface area contributed by atoms with Gasteiger partial charge >= 0.3 is 5.97 Å². The number of esters is 1. The summed E-state index contributed by atoms with van der Waals surface area (Å²) >= 11 is 6.52. The Balaban J connectivity index is 1.47. The third-order valence-electron chi connectivity index (χ3n) is 11.5. The lowest BCUT2D eigenvalue weighted by atomic mass is 10.0. The minimum atomic E-state index is -1.37. The van der Waals surface area contributed by atoms with Crippen LogP contribution < -0.4 is 15.6 Å². The Morgan fingerprint density at radius 1 is 0.841 bits per heavy atom. The first kappa shape index (κ1) is 49.0. The number of amides is 1. The molecule has 0 aliphatic rings. The van der Waals surface area contributed by atoms with Crippen molar-refractivity contribution in [2.75, 3.05) is 31.7 Å². The van der Waals surface area contributed by atoms with Crippen LogP contribution in [0.5, 0.6) is 5.75 Å². The van der Waals surface area contributed by atoms with E-state index in [2.05, 4.69) is 36.4 Å². The van der Waals surface area contributed by atoms with E-state index >= 15 is 0 Å². The number of halogens is 1. The lowest BCUT2D eigenvalue weighted by molar-refractivity contribution is -0.118. The molecule has 342 valence electrons. The van der Waals surface area contributed by atoms with Gasteiger partial charge < -0.3 is 24.1 Å². The Morgan fingerprint density at radius 2 is 1.56 bits per heavy atom. The van der Waals surface area contributed by atoms with Gasteiger partial charge in [0.05, 0.1) is 35.5 Å². The fraction of sp³-hybridized carbons (Fsp3) is 0.551. The SMILES string of the molecule is CCCCCCCCCCCCOc1ccc(Cl)cc1NC(=O)C(c1nc2cn(-c3ccccc3)cc2c(=O)n1CCCOCC(CC)CCCC)n1nnc(C(=O)OCC)c1C. The van der Waals surface area contributed by atoms with Crippen molar-refractivity contribution in [1.29, 1.82) is 0 Å². The molecular formula is C49H68ClN7O6. The molecule has 3 heterocycles. The smallest absolute Gasteiger partial charge is 0.360 e. The van der Waals surface area contributed by atoms with Crippen LogP contribution in [0.3, 0.4) is 0 Å². The number of nitrogens with zero attached hydrogens (tertiary/aromatic N) is 6. The van der Waals surface area contributed by atoms with Crippen LogP contribution in [-0.2, 0) is 20.8 Å². The summed E-state index contributed by atoms with van der Waals surface area (Å²) in [4.78, 5) is 47.8. The maximum Gasteiger partial charge on any atom is 0.360 e. The zero-order valence-corrected chi connectivity index (χ0v) is 38.8. The molecule has 13 nitrogen and oxygen atoms in total. The molecule has 3 aromatic heterocycles. The van der Waals surface area contributed by atoms with Crippen LogP contribution in [0.1, 0.15) is 152 Å². The highest BCUT2D eigenvalue weighted by molar-refractivity contribution is 6.31. The number of fused-ring (bicyclic) bond motifs is 1. The fourth-order valence-electron chi connectivity index (χ4n) is 7.79. The molecule has 1 amide bonds. The number of nitrogens with one attached hydrogen (secondary N) is 1. The Bertz CT molecular complexity index is 2240. The second-order valence-electron chi connectivity index (χ2n) is 16.3. The van der Waals surface area contributed by atoms with E-state index in [9.17, 15) is 14.4 Å². The predicted octanol–water partition coefficient (Wildman–Crippen LogP) is 11.1. The molecule has 0 fully saturated rings. The molecule has 0 aliphatic carbocycles. The Morgan fingerprint density at radius 3 is 2.25 bits per heavy atom. The van der Waals surface area contributed by atoms with Gasteiger partial charge in [-0.1, -0.05) is 133 Å². The number of unbranched alkanes of at least 4 members (excludes halogenated alkanes) is 10. The third kappa shape index (κ3) is 14.0. The van der Waals surface area contributed by atoms with Gasteiger partial charge in [0.25, 0.3) is 11.5 Å². The zero-order chi connectivity index (χ0) is 45.0. The molecule has 0 spiro atoms. The van der Waals surface area contributed by atoms with Gasteiger partial charge in [0.15, 0.2) is 11.7 Å². The van der Waals surface area contributed by atoms with Gasteiger partial charge in [0.2, 0.25) is 0 Å². The maximum atomic E-state index is 15.0. The molecule has 63 heavy (non-hydrogen) atoms. The Hall–Kier alpha value is -5.01. The van der Waals surface area contributed by atoms with Gasteiger partial charge in [-0.2, -0.15) is 0 Å². The predicted molar refractivity (Wildman–Crippen MR) is 250 cm³/mol. The number of carbonyl (C=O) groups is 2. The molecule has 2 aromatic carbocycles. The number of hydrogen-bond acceptors (Lipinski definition) is 9. The summed E-state index contributed by atoms with van der Waals surface area (Å²) in [5, 5.41) is 12.3. The molecule has 1 N–H and O–H groups in total. The molecule has 2 atom stereocenters. The van der Waals surface area contributed by atoms with E-state index in [1.807, 2.05) is 34.9 Å². The second-order valence-corrected chi connectivity index (χ2v) is 16.8. The summed E-state index contributed by atoms with van der Waals surface area (Å²) in [6.45, 7) is 11.8. The van der Waals surface area contributed by atoms with E-state index in [1.54, 1.807) is 44.4 Å². The topological polar surface area (TPSA) is 144 Å². The van der Waals surface area contributed by atoms with Gasteiger partial charge in [-0.05, 0) is 69.4 Å². The molecule has 0 bridgehead atoms. The number of carbonyl (C=O) groups excluding carboxylic acids is 2. The second kappa shape index (κ2) is 25.9. The first-order valence-corrected chi connectivity index (χ1v) is 23.7. The van der Waals surface area contributed by atoms with Crippen molar-refractivity contribution in [2.45, 2.75) is 144 Å². The van der Waals surface area contributed by atoms with Crippen molar-refractivity contribution in [2.24, 2.45) is 5.92 Å². The lowest BCUT2D eigenvalue weighted by Gasteiger charge is -2.22. The number of benzene rings is 2. The standard InChI is InChI=1S/C49H68ClN7O6/c1-6-10-12-13-14-15-16-17-18-22-31-63-43-28-27-38(50)32-41(43)52-47(58)45(57-36(5)44(53-54-57)49(60)62-9-4)46-51-42-34-55(39-25-20-19-21-26-39)33-40(42)48(59)56(46)29-23-30-61-35-37(8-3)24-11-7-2/h19-21,25-28,32-34,37,45H,6-18,22-24,29-31,35H2,1-5H3,(H,52,58). The van der Waals surface area contributed by atoms with E-state index in [1.165, 1.54) is 54.2 Å². The molecule has 0 radical (unpaired) electrons. The Kier molecular flexibility index (Phi) is 20.2. The van der Waals surface area contributed by atoms with Crippen molar-refractivity contribution in [3.05, 3.63) is 93.5 Å². The molecule has 5 aromatic rings. The molecule has 5 rings (SSSR count). The van der Waals surface area contributed by atoms with Crippen LogP contribution in [0.4, 0.5) is 5.69 Å². The quantitative estimate of drug-likeness (QED) is 0.0366. The molecule has 2 unspecified atom stereocenters. The summed E-state index contributed by atoms with van der Waals surface area (Å²) in [6.07, 6.45) is 20.4. The van der Waals surface area contributed by atoms with E-state index in [0.717, 1.165) is 50.6 Å². The summed E-state index contributed by atoms with van der Waals surface area (Å²) in [5.74, 6) is -0.244. The van der Waals surface area contributed by atoms with Crippen molar-refractivity contribution < 1.29 is 23.8 Å². The van der Waals surface area contributed by atoms with E-state index < -0.39 is 17.9 Å². The average molecular weight is 887 g/mol. The largest absolute Gasteiger partial charge is 0.491 e. The van der Waals surface area contributed by atoms with E-state index in [4.69, 9.17) is 30.8 Å². The number of hydrogen-bond donors (Lipinski definition) is 1. The summed E-state index contributed by atoms with van der Waals surface area (Å²) in [6, 6.07) is 13.4. The first-order valence-electron chi connectivity index (χ1n) is 23.3. The highest BCUT2D eigenvalue weighted by atomic mass is 35.5. The third-order valence-corrected chi connectivity index (χ3v) is 11.7. The molecule has 0 saturated heterocycles. The summed E-state index contributed by atoms with van der Waals surface area (Å²) in [5.41, 5.74) is 1.46. The fourth-order valence-corrected chi connectivity index (χ4v) is 7.96. The van der Waals surface area contributed by atoms with Crippen LogP contribution >= 0.6 is 11.6 Å².